The Morgan fingerprint density at radius 3 is 2.31 bits per heavy atom. The molecule has 0 fully saturated rings. The zero-order chi connectivity index (χ0) is 18.6. The Balaban J connectivity index is 1.69. The van der Waals surface area contributed by atoms with Crippen LogP contribution in [0.4, 0.5) is 5.69 Å². The van der Waals surface area contributed by atoms with Crippen LogP contribution in [0.5, 0.6) is 0 Å². The fourth-order valence-electron chi connectivity index (χ4n) is 2.37. The van der Waals surface area contributed by atoms with Gasteiger partial charge in [-0.05, 0) is 54.1 Å². The van der Waals surface area contributed by atoms with Crippen molar-refractivity contribution in [3.63, 3.8) is 0 Å². The van der Waals surface area contributed by atoms with Crippen molar-refractivity contribution < 1.29 is 13.2 Å². The van der Waals surface area contributed by atoms with Crippen LogP contribution in [0.25, 0.3) is 16.5 Å². The topological polar surface area (TPSA) is 63.2 Å². The minimum absolute atomic E-state index is 0.134. The maximum absolute atomic E-state index is 12.3. The van der Waals surface area contributed by atoms with Crippen LogP contribution < -0.4 is 4.72 Å². The molecule has 0 atom stereocenters. The molecule has 0 spiro atoms. The van der Waals surface area contributed by atoms with Gasteiger partial charge >= 0.3 is 0 Å². The predicted octanol–water partition coefficient (Wildman–Crippen LogP) is 4.68. The Morgan fingerprint density at radius 1 is 0.962 bits per heavy atom. The lowest BCUT2D eigenvalue weighted by atomic mass is 10.1. The molecule has 26 heavy (non-hydrogen) atoms. The molecular weight excluding hydrogens is 366 g/mol. The van der Waals surface area contributed by atoms with Crippen LogP contribution in [-0.4, -0.2) is 20.5 Å². The van der Waals surface area contributed by atoms with E-state index in [1.54, 1.807) is 41.7 Å². The molecule has 0 aliphatic heterocycles. The second-order valence-corrected chi connectivity index (χ2v) is 8.58. The third-order valence-corrected chi connectivity index (χ3v) is 5.26. The highest BCUT2D eigenvalue weighted by molar-refractivity contribution is 7.92. The van der Waals surface area contributed by atoms with Crippen molar-refractivity contribution >= 4 is 38.9 Å². The molecule has 0 aliphatic rings. The van der Waals surface area contributed by atoms with Gasteiger partial charge in [-0.1, -0.05) is 30.3 Å². The standard InChI is InChI=1S/C20H17NO3S2/c1-26(23,24)21-17-9-7-15(8-10-17)19(22)13-11-18-12-14-20(25-18)16-5-3-2-4-6-16/h2-14,21H,1H3/b13-11+. The quantitative estimate of drug-likeness (QED) is 0.496. The summed E-state index contributed by atoms with van der Waals surface area (Å²) in [4.78, 5) is 14.4. The number of ketones is 1. The second kappa shape index (κ2) is 7.68. The highest BCUT2D eigenvalue weighted by Crippen LogP contribution is 2.28. The van der Waals surface area contributed by atoms with Crippen molar-refractivity contribution in [2.24, 2.45) is 0 Å². The van der Waals surface area contributed by atoms with Crippen molar-refractivity contribution in [2.75, 3.05) is 11.0 Å². The Kier molecular flexibility index (Phi) is 5.35. The number of anilines is 1. The first-order valence-electron chi connectivity index (χ1n) is 7.86. The van der Waals surface area contributed by atoms with Gasteiger partial charge in [-0.25, -0.2) is 8.42 Å². The number of hydrogen-bond acceptors (Lipinski definition) is 4. The minimum Gasteiger partial charge on any atom is -0.289 e. The van der Waals surface area contributed by atoms with Crippen molar-refractivity contribution in [1.29, 1.82) is 0 Å². The zero-order valence-corrected chi connectivity index (χ0v) is 15.7. The average molecular weight is 383 g/mol. The summed E-state index contributed by atoms with van der Waals surface area (Å²) in [5.74, 6) is -0.134. The monoisotopic (exact) mass is 383 g/mol. The summed E-state index contributed by atoms with van der Waals surface area (Å²) < 4.78 is 24.8. The van der Waals surface area contributed by atoms with Gasteiger partial charge in [-0.3, -0.25) is 9.52 Å². The van der Waals surface area contributed by atoms with Gasteiger partial charge in [-0.15, -0.1) is 11.3 Å². The number of benzene rings is 2. The summed E-state index contributed by atoms with van der Waals surface area (Å²) in [6.07, 6.45) is 4.40. The molecule has 0 saturated heterocycles. The van der Waals surface area contributed by atoms with Crippen LogP contribution >= 0.6 is 11.3 Å². The van der Waals surface area contributed by atoms with Crippen molar-refractivity contribution in [2.45, 2.75) is 0 Å². The third-order valence-electron chi connectivity index (χ3n) is 3.56. The summed E-state index contributed by atoms with van der Waals surface area (Å²) in [6.45, 7) is 0. The van der Waals surface area contributed by atoms with Crippen LogP contribution in [0.1, 0.15) is 15.2 Å². The lowest BCUT2D eigenvalue weighted by molar-refractivity contribution is 0.104. The van der Waals surface area contributed by atoms with E-state index in [2.05, 4.69) is 16.9 Å². The first-order valence-corrected chi connectivity index (χ1v) is 10.6. The fraction of sp³-hybridized carbons (Fsp3) is 0.0500. The van der Waals surface area contributed by atoms with E-state index in [1.807, 2.05) is 30.3 Å². The van der Waals surface area contributed by atoms with Gasteiger partial charge in [0.15, 0.2) is 5.78 Å². The lowest BCUT2D eigenvalue weighted by Gasteiger charge is -2.03. The molecule has 0 bridgehead atoms. The lowest BCUT2D eigenvalue weighted by Crippen LogP contribution is -2.09. The van der Waals surface area contributed by atoms with E-state index in [1.165, 1.54) is 6.08 Å². The molecule has 1 aromatic heterocycles. The molecule has 3 aromatic rings. The van der Waals surface area contributed by atoms with Crippen molar-refractivity contribution in [1.82, 2.24) is 0 Å². The average Bonchev–Trinajstić information content (AvgIpc) is 3.09. The first-order chi connectivity index (χ1) is 12.4. The molecule has 132 valence electrons. The molecule has 0 amide bonds. The highest BCUT2D eigenvalue weighted by atomic mass is 32.2. The summed E-state index contributed by atoms with van der Waals surface area (Å²) in [5, 5.41) is 0. The Morgan fingerprint density at radius 2 is 1.65 bits per heavy atom. The molecule has 1 N–H and O–H groups in total. The fourth-order valence-corrected chi connectivity index (χ4v) is 3.85. The van der Waals surface area contributed by atoms with Gasteiger partial charge in [-0.2, -0.15) is 0 Å². The maximum Gasteiger partial charge on any atom is 0.229 e. The van der Waals surface area contributed by atoms with Gasteiger partial charge < -0.3 is 0 Å². The van der Waals surface area contributed by atoms with E-state index in [4.69, 9.17) is 0 Å². The number of hydrogen-bond donors (Lipinski definition) is 1. The summed E-state index contributed by atoms with van der Waals surface area (Å²) in [7, 11) is -3.32. The predicted molar refractivity (Wildman–Crippen MR) is 108 cm³/mol. The van der Waals surface area contributed by atoms with Crippen molar-refractivity contribution in [3.05, 3.63) is 83.2 Å². The van der Waals surface area contributed by atoms with Gasteiger partial charge in [0.1, 0.15) is 0 Å². The number of thiophene rings is 1. The summed E-state index contributed by atoms with van der Waals surface area (Å²) >= 11 is 1.62. The largest absolute Gasteiger partial charge is 0.289 e. The molecule has 0 saturated carbocycles. The van der Waals surface area contributed by atoms with E-state index in [9.17, 15) is 13.2 Å². The normalized spacial score (nSPS) is 11.6. The maximum atomic E-state index is 12.3. The Labute approximate surface area is 156 Å². The van der Waals surface area contributed by atoms with E-state index < -0.39 is 10.0 Å². The Bertz CT molecular complexity index is 1030. The summed E-state index contributed by atoms with van der Waals surface area (Å²) in [5.41, 5.74) is 2.08. The molecule has 0 aliphatic carbocycles. The van der Waals surface area contributed by atoms with E-state index in [0.29, 0.717) is 11.3 Å². The molecule has 4 nitrogen and oxygen atoms in total. The molecule has 1 heterocycles. The molecular formula is C20H17NO3S2. The third kappa shape index (κ3) is 4.91. The molecule has 6 heteroatoms. The molecule has 0 unspecified atom stereocenters. The molecule has 3 rings (SSSR count). The second-order valence-electron chi connectivity index (χ2n) is 5.72. The summed E-state index contributed by atoms with van der Waals surface area (Å²) in [6, 6.07) is 20.4. The number of sulfonamides is 1. The van der Waals surface area contributed by atoms with Crippen LogP contribution in [-0.2, 0) is 10.0 Å². The van der Waals surface area contributed by atoms with Crippen LogP contribution in [0, 0.1) is 0 Å². The van der Waals surface area contributed by atoms with Crippen molar-refractivity contribution in [3.8, 4) is 10.4 Å². The Hall–Kier alpha value is -2.70. The molecule has 2 aromatic carbocycles. The number of allylic oxidation sites excluding steroid dienone is 1. The van der Waals surface area contributed by atoms with E-state index in [0.717, 1.165) is 21.6 Å². The number of nitrogens with one attached hydrogen (secondary N) is 1. The highest BCUT2D eigenvalue weighted by Gasteiger charge is 2.05. The van der Waals surface area contributed by atoms with Crippen LogP contribution in [0.15, 0.2) is 72.8 Å². The first kappa shape index (κ1) is 18.1. The van der Waals surface area contributed by atoms with E-state index >= 15 is 0 Å². The van der Waals surface area contributed by atoms with Gasteiger partial charge in [0.05, 0.1) is 6.26 Å². The van der Waals surface area contributed by atoms with Gasteiger partial charge in [0.25, 0.3) is 0 Å². The SMILES string of the molecule is CS(=O)(=O)Nc1ccc(C(=O)/C=C/c2ccc(-c3ccccc3)s2)cc1. The number of carbonyl (C=O) groups excluding carboxylic acids is 1. The number of carbonyl (C=O) groups is 1. The van der Waals surface area contributed by atoms with E-state index in [-0.39, 0.29) is 5.78 Å². The zero-order valence-electron chi connectivity index (χ0n) is 14.0. The van der Waals surface area contributed by atoms with Crippen LogP contribution in [0.2, 0.25) is 0 Å². The van der Waals surface area contributed by atoms with Crippen LogP contribution in [0.3, 0.4) is 0 Å². The van der Waals surface area contributed by atoms with Gasteiger partial charge in [0.2, 0.25) is 10.0 Å². The van der Waals surface area contributed by atoms with Gasteiger partial charge in [0, 0.05) is 21.0 Å². The molecule has 0 radical (unpaired) electrons. The number of rotatable bonds is 6. The minimum atomic E-state index is -3.32. The smallest absolute Gasteiger partial charge is 0.229 e.